The fourth-order valence-electron chi connectivity index (χ4n) is 2.39. The third kappa shape index (κ3) is 6.10. The number of anilines is 1. The Labute approximate surface area is 171 Å². The summed E-state index contributed by atoms with van der Waals surface area (Å²) < 4.78 is 10.6. The molecule has 2 aromatic rings. The van der Waals surface area contributed by atoms with E-state index >= 15 is 0 Å². The van der Waals surface area contributed by atoms with Crippen molar-refractivity contribution in [3.63, 3.8) is 0 Å². The first kappa shape index (κ1) is 22.0. The number of amides is 1. The van der Waals surface area contributed by atoms with Gasteiger partial charge in [0, 0.05) is 5.69 Å². The van der Waals surface area contributed by atoms with E-state index in [4.69, 9.17) is 19.7 Å². The molecule has 154 valence electrons. The van der Waals surface area contributed by atoms with E-state index in [2.05, 4.69) is 5.32 Å². The first-order valence-electron chi connectivity index (χ1n) is 8.72. The molecule has 0 aromatic heterocycles. The summed E-state index contributed by atoms with van der Waals surface area (Å²) in [6.45, 7) is 1.49. The summed E-state index contributed by atoms with van der Waals surface area (Å²) >= 11 is 0. The lowest BCUT2D eigenvalue weighted by Crippen LogP contribution is -2.14. The van der Waals surface area contributed by atoms with E-state index in [9.17, 15) is 19.6 Å². The summed E-state index contributed by atoms with van der Waals surface area (Å²) in [6, 6.07) is 11.9. The van der Waals surface area contributed by atoms with E-state index in [1.54, 1.807) is 13.0 Å². The lowest BCUT2D eigenvalue weighted by Gasteiger charge is -2.11. The number of nitrogens with zero attached hydrogens (tertiary/aromatic N) is 1. The van der Waals surface area contributed by atoms with Crippen molar-refractivity contribution in [1.82, 2.24) is 0 Å². The third-order valence-electron chi connectivity index (χ3n) is 3.66. The van der Waals surface area contributed by atoms with Gasteiger partial charge in [0.1, 0.15) is 11.6 Å². The molecule has 0 aliphatic heterocycles. The molecule has 30 heavy (non-hydrogen) atoms. The second kappa shape index (κ2) is 10.3. The van der Waals surface area contributed by atoms with Gasteiger partial charge in [-0.2, -0.15) is 5.26 Å². The van der Waals surface area contributed by atoms with Gasteiger partial charge in [0.15, 0.2) is 18.1 Å². The Morgan fingerprint density at radius 3 is 2.50 bits per heavy atom. The smallest absolute Gasteiger partial charge is 0.341 e. The maximum absolute atomic E-state index is 12.4. The molecule has 2 rings (SSSR count). The highest BCUT2D eigenvalue weighted by Crippen LogP contribution is 2.29. The van der Waals surface area contributed by atoms with Crippen LogP contribution in [0.4, 0.5) is 5.69 Å². The van der Waals surface area contributed by atoms with Gasteiger partial charge in [0.25, 0.3) is 5.91 Å². The van der Waals surface area contributed by atoms with Crippen molar-refractivity contribution in [3.05, 3.63) is 59.2 Å². The third-order valence-corrected chi connectivity index (χ3v) is 3.66. The SMILES string of the molecule is CCOc1cc(/C=C(/C#N)C(=O)Nc2cccc(C(=O)O)c2)ccc1OCC(=O)O. The highest BCUT2D eigenvalue weighted by Gasteiger charge is 2.13. The quantitative estimate of drug-likeness (QED) is 0.422. The maximum atomic E-state index is 12.4. The van der Waals surface area contributed by atoms with Crippen molar-refractivity contribution in [1.29, 1.82) is 5.26 Å². The lowest BCUT2D eigenvalue weighted by molar-refractivity contribution is -0.139. The molecule has 0 heterocycles. The summed E-state index contributed by atoms with van der Waals surface area (Å²) in [5.41, 5.74) is 0.451. The number of aliphatic carboxylic acids is 1. The second-order valence-corrected chi connectivity index (χ2v) is 5.83. The summed E-state index contributed by atoms with van der Waals surface area (Å²) in [6.07, 6.45) is 1.32. The zero-order chi connectivity index (χ0) is 22.1. The van der Waals surface area contributed by atoms with E-state index in [1.165, 1.54) is 48.5 Å². The number of carbonyl (C=O) groups is 3. The van der Waals surface area contributed by atoms with Gasteiger partial charge in [-0.1, -0.05) is 12.1 Å². The minimum Gasteiger partial charge on any atom is -0.490 e. The predicted molar refractivity (Wildman–Crippen MR) is 106 cm³/mol. The van der Waals surface area contributed by atoms with Crippen LogP contribution in [0.3, 0.4) is 0 Å². The van der Waals surface area contributed by atoms with Crippen LogP contribution in [0, 0.1) is 11.3 Å². The summed E-state index contributed by atoms with van der Waals surface area (Å²) in [5.74, 6) is -2.53. The van der Waals surface area contributed by atoms with Gasteiger partial charge in [0.05, 0.1) is 12.2 Å². The number of hydrogen-bond acceptors (Lipinski definition) is 6. The number of ether oxygens (including phenoxy) is 2. The number of rotatable bonds is 9. The van der Waals surface area contributed by atoms with E-state index in [0.29, 0.717) is 12.2 Å². The Morgan fingerprint density at radius 1 is 1.10 bits per heavy atom. The monoisotopic (exact) mass is 410 g/mol. The second-order valence-electron chi connectivity index (χ2n) is 5.83. The summed E-state index contributed by atoms with van der Waals surface area (Å²) in [4.78, 5) is 34.1. The molecule has 0 aliphatic rings. The van der Waals surface area contributed by atoms with Gasteiger partial charge in [0.2, 0.25) is 0 Å². The molecule has 0 aliphatic carbocycles. The number of carboxylic acid groups (broad SMARTS) is 2. The van der Waals surface area contributed by atoms with Gasteiger partial charge in [-0.3, -0.25) is 4.79 Å². The van der Waals surface area contributed by atoms with E-state index in [0.717, 1.165) is 0 Å². The highest BCUT2D eigenvalue weighted by atomic mass is 16.5. The Kier molecular flexibility index (Phi) is 7.53. The van der Waals surface area contributed by atoms with Crippen LogP contribution in [0.2, 0.25) is 0 Å². The average Bonchev–Trinajstić information content (AvgIpc) is 2.71. The number of nitrogens with one attached hydrogen (secondary N) is 1. The molecule has 0 spiro atoms. The number of carbonyl (C=O) groups excluding carboxylic acids is 1. The number of benzene rings is 2. The van der Waals surface area contributed by atoms with Crippen molar-refractivity contribution in [2.45, 2.75) is 6.92 Å². The minimum atomic E-state index is -1.14. The molecule has 0 saturated carbocycles. The Balaban J connectivity index is 2.25. The molecule has 9 heteroatoms. The topological polar surface area (TPSA) is 146 Å². The van der Waals surface area contributed by atoms with Crippen LogP contribution < -0.4 is 14.8 Å². The normalized spacial score (nSPS) is 10.6. The molecule has 1 amide bonds. The van der Waals surface area contributed by atoms with Crippen molar-refractivity contribution >= 4 is 29.6 Å². The van der Waals surface area contributed by atoms with Crippen LogP contribution in [0.1, 0.15) is 22.8 Å². The summed E-state index contributed by atoms with van der Waals surface area (Å²) in [5, 5.41) is 29.6. The van der Waals surface area contributed by atoms with E-state index in [-0.39, 0.29) is 28.3 Å². The van der Waals surface area contributed by atoms with Crippen LogP contribution in [0.5, 0.6) is 11.5 Å². The van der Waals surface area contributed by atoms with Crippen molar-refractivity contribution in [2.24, 2.45) is 0 Å². The molecule has 0 fully saturated rings. The van der Waals surface area contributed by atoms with Crippen molar-refractivity contribution in [3.8, 4) is 17.6 Å². The first-order valence-corrected chi connectivity index (χ1v) is 8.72. The van der Waals surface area contributed by atoms with Crippen molar-refractivity contribution < 1.29 is 34.1 Å². The fourth-order valence-corrected chi connectivity index (χ4v) is 2.39. The standard InChI is InChI=1S/C21H18N2O7/c1-2-29-18-9-13(6-7-17(18)30-12-19(24)25)8-15(11-22)20(26)23-16-5-3-4-14(10-16)21(27)28/h3-10H,2,12H2,1H3,(H,23,26)(H,24,25)(H,27,28)/b15-8-. The lowest BCUT2D eigenvalue weighted by atomic mass is 10.1. The molecule has 0 radical (unpaired) electrons. The Hall–Kier alpha value is -4.32. The fraction of sp³-hybridized carbons (Fsp3) is 0.143. The maximum Gasteiger partial charge on any atom is 0.341 e. The number of nitriles is 1. The minimum absolute atomic E-state index is 0.00593. The first-order chi connectivity index (χ1) is 14.3. The Bertz CT molecular complexity index is 1040. The van der Waals surface area contributed by atoms with Gasteiger partial charge >= 0.3 is 11.9 Å². The van der Waals surface area contributed by atoms with Crippen LogP contribution in [0.25, 0.3) is 6.08 Å². The molecular formula is C21H18N2O7. The number of hydrogen-bond donors (Lipinski definition) is 3. The number of carboxylic acids is 2. The molecule has 0 unspecified atom stereocenters. The zero-order valence-corrected chi connectivity index (χ0v) is 15.9. The Morgan fingerprint density at radius 2 is 1.87 bits per heavy atom. The molecule has 0 saturated heterocycles. The van der Waals surface area contributed by atoms with E-state index < -0.39 is 24.5 Å². The van der Waals surface area contributed by atoms with Gasteiger partial charge in [-0.05, 0) is 48.9 Å². The predicted octanol–water partition coefficient (Wildman–Crippen LogP) is 2.79. The van der Waals surface area contributed by atoms with Gasteiger partial charge < -0.3 is 25.0 Å². The highest BCUT2D eigenvalue weighted by molar-refractivity contribution is 6.10. The average molecular weight is 410 g/mol. The van der Waals surface area contributed by atoms with Crippen LogP contribution in [-0.4, -0.2) is 41.3 Å². The van der Waals surface area contributed by atoms with E-state index in [1.807, 2.05) is 0 Å². The molecule has 2 aromatic carbocycles. The van der Waals surface area contributed by atoms with Crippen LogP contribution in [0.15, 0.2) is 48.0 Å². The van der Waals surface area contributed by atoms with Crippen molar-refractivity contribution in [2.75, 3.05) is 18.5 Å². The zero-order valence-electron chi connectivity index (χ0n) is 15.9. The molecule has 0 bridgehead atoms. The van der Waals surface area contributed by atoms with Gasteiger partial charge in [-0.15, -0.1) is 0 Å². The molecule has 3 N–H and O–H groups in total. The molecule has 9 nitrogen and oxygen atoms in total. The molecular weight excluding hydrogens is 392 g/mol. The summed E-state index contributed by atoms with van der Waals surface area (Å²) in [7, 11) is 0. The molecule has 0 atom stereocenters. The van der Waals surface area contributed by atoms with Crippen LogP contribution >= 0.6 is 0 Å². The van der Waals surface area contributed by atoms with Crippen LogP contribution in [-0.2, 0) is 9.59 Å². The number of aromatic carboxylic acids is 1. The largest absolute Gasteiger partial charge is 0.490 e. The van der Waals surface area contributed by atoms with Gasteiger partial charge in [-0.25, -0.2) is 9.59 Å².